The van der Waals surface area contributed by atoms with Crippen molar-refractivity contribution in [3.05, 3.63) is 53.9 Å². The molecule has 5 heteroatoms. The van der Waals surface area contributed by atoms with E-state index in [9.17, 15) is 9.90 Å². The number of pyridine rings is 1. The van der Waals surface area contributed by atoms with Gasteiger partial charge in [-0.1, -0.05) is 24.3 Å². The number of hydrogen-bond donors (Lipinski definition) is 2. The topological polar surface area (TPSA) is 75.2 Å². The van der Waals surface area contributed by atoms with Crippen LogP contribution in [0.4, 0.5) is 0 Å². The van der Waals surface area contributed by atoms with Gasteiger partial charge in [-0.25, -0.2) is 9.78 Å². The molecule has 0 bridgehead atoms. The molecule has 0 unspecified atom stereocenters. The molecule has 1 fully saturated rings. The van der Waals surface area contributed by atoms with Gasteiger partial charge < -0.3 is 14.8 Å². The molecule has 122 valence electrons. The van der Waals surface area contributed by atoms with Gasteiger partial charge in [-0.15, -0.1) is 0 Å². The van der Waals surface area contributed by atoms with Crippen molar-refractivity contribution in [3.8, 4) is 11.1 Å². The number of esters is 1. The van der Waals surface area contributed by atoms with Crippen LogP contribution in [0, 0.1) is 0 Å². The third-order valence-electron chi connectivity index (χ3n) is 4.87. The Labute approximate surface area is 139 Å². The summed E-state index contributed by atoms with van der Waals surface area (Å²) >= 11 is 0. The van der Waals surface area contributed by atoms with Gasteiger partial charge in [-0.3, -0.25) is 0 Å². The van der Waals surface area contributed by atoms with Crippen LogP contribution in [0.25, 0.3) is 22.2 Å². The Morgan fingerprint density at radius 3 is 2.62 bits per heavy atom. The zero-order chi connectivity index (χ0) is 16.7. The summed E-state index contributed by atoms with van der Waals surface area (Å²) in [6.45, 7) is 0. The molecule has 0 aliphatic heterocycles. The molecule has 0 saturated heterocycles. The molecule has 0 spiro atoms. The molecular weight excluding hydrogens is 304 g/mol. The van der Waals surface area contributed by atoms with Crippen molar-refractivity contribution in [1.82, 2.24) is 9.97 Å². The first kappa shape index (κ1) is 14.9. The van der Waals surface area contributed by atoms with Crippen LogP contribution in [0.3, 0.4) is 0 Å². The first-order chi connectivity index (χ1) is 11.6. The van der Waals surface area contributed by atoms with Gasteiger partial charge in [-0.05, 0) is 36.5 Å². The fourth-order valence-corrected chi connectivity index (χ4v) is 3.21. The molecule has 24 heavy (non-hydrogen) atoms. The molecule has 2 aromatic heterocycles. The van der Waals surface area contributed by atoms with Crippen LogP contribution in [0.5, 0.6) is 0 Å². The van der Waals surface area contributed by atoms with E-state index >= 15 is 0 Å². The predicted octanol–water partition coefficient (Wildman–Crippen LogP) is 3.39. The van der Waals surface area contributed by atoms with Crippen molar-refractivity contribution < 1.29 is 14.6 Å². The lowest BCUT2D eigenvalue weighted by molar-refractivity contribution is -0.0387. The molecule has 1 aliphatic carbocycles. The number of nitrogens with one attached hydrogen (secondary N) is 1. The maximum absolute atomic E-state index is 11.8. The Hall–Kier alpha value is -2.66. The number of hydrogen-bond acceptors (Lipinski definition) is 4. The van der Waals surface area contributed by atoms with E-state index in [-0.39, 0.29) is 5.97 Å². The van der Waals surface area contributed by atoms with Gasteiger partial charge in [0, 0.05) is 23.3 Å². The number of aromatic amines is 1. The van der Waals surface area contributed by atoms with Crippen LogP contribution in [0.1, 0.15) is 35.2 Å². The van der Waals surface area contributed by atoms with E-state index in [1.807, 2.05) is 30.3 Å². The molecular formula is C19H18N2O3. The highest BCUT2D eigenvalue weighted by Gasteiger charge is 2.35. The zero-order valence-electron chi connectivity index (χ0n) is 13.4. The highest BCUT2D eigenvalue weighted by Crippen LogP contribution is 2.41. The second kappa shape index (κ2) is 5.46. The van der Waals surface area contributed by atoms with E-state index in [4.69, 9.17) is 4.74 Å². The van der Waals surface area contributed by atoms with Crippen LogP contribution < -0.4 is 0 Å². The van der Waals surface area contributed by atoms with E-state index in [0.29, 0.717) is 11.2 Å². The Balaban J connectivity index is 1.72. The first-order valence-corrected chi connectivity index (χ1v) is 7.99. The highest BCUT2D eigenvalue weighted by molar-refractivity contribution is 6.03. The number of carbonyl (C=O) groups excluding carboxylic acids is 1. The Morgan fingerprint density at radius 1 is 1.25 bits per heavy atom. The summed E-state index contributed by atoms with van der Waals surface area (Å²) in [4.78, 5) is 19.2. The minimum Gasteiger partial charge on any atom is -0.465 e. The van der Waals surface area contributed by atoms with Crippen LogP contribution in [0.2, 0.25) is 0 Å². The molecule has 2 N–H and O–H groups in total. The van der Waals surface area contributed by atoms with E-state index in [2.05, 4.69) is 9.97 Å². The summed E-state index contributed by atoms with van der Waals surface area (Å²) in [5, 5.41) is 11.2. The van der Waals surface area contributed by atoms with Gasteiger partial charge in [0.05, 0.1) is 18.3 Å². The summed E-state index contributed by atoms with van der Waals surface area (Å²) < 4.78 is 4.81. The van der Waals surface area contributed by atoms with Crippen LogP contribution in [0.15, 0.2) is 42.7 Å². The largest absolute Gasteiger partial charge is 0.465 e. The SMILES string of the molecule is COC(=O)c1c[nH]c2ncc(-c3ccc(C4(O)CCC4)cc3)cc12. The Bertz CT molecular complexity index is 908. The van der Waals surface area contributed by atoms with E-state index in [1.54, 1.807) is 12.4 Å². The highest BCUT2D eigenvalue weighted by atomic mass is 16.5. The van der Waals surface area contributed by atoms with Crippen molar-refractivity contribution in [3.63, 3.8) is 0 Å². The minimum absolute atomic E-state index is 0.386. The maximum Gasteiger partial charge on any atom is 0.340 e. The van der Waals surface area contributed by atoms with Crippen molar-refractivity contribution in [2.45, 2.75) is 24.9 Å². The normalized spacial score (nSPS) is 15.9. The molecule has 5 nitrogen and oxygen atoms in total. The number of ether oxygens (including phenoxy) is 1. The molecule has 1 saturated carbocycles. The number of H-pyrrole nitrogens is 1. The number of benzene rings is 1. The van der Waals surface area contributed by atoms with Gasteiger partial charge in [-0.2, -0.15) is 0 Å². The van der Waals surface area contributed by atoms with Crippen molar-refractivity contribution in [1.29, 1.82) is 0 Å². The Kier molecular flexibility index (Phi) is 3.39. The molecule has 0 atom stereocenters. The van der Waals surface area contributed by atoms with E-state index in [0.717, 1.165) is 41.3 Å². The lowest BCUT2D eigenvalue weighted by Crippen LogP contribution is -2.33. The second-order valence-corrected chi connectivity index (χ2v) is 6.28. The van der Waals surface area contributed by atoms with E-state index in [1.165, 1.54) is 7.11 Å². The van der Waals surface area contributed by atoms with Gasteiger partial charge in [0.2, 0.25) is 0 Å². The average molecular weight is 322 g/mol. The molecule has 4 rings (SSSR count). The number of aromatic nitrogens is 2. The van der Waals surface area contributed by atoms with E-state index < -0.39 is 5.60 Å². The summed E-state index contributed by atoms with van der Waals surface area (Å²) in [5.41, 5.74) is 3.34. The fraction of sp³-hybridized carbons (Fsp3) is 0.263. The third-order valence-corrected chi connectivity index (χ3v) is 4.87. The maximum atomic E-state index is 11.8. The standard InChI is InChI=1S/C19H18N2O3/c1-24-18(22)16-11-21-17-15(16)9-13(10-20-17)12-3-5-14(6-4-12)19(23)7-2-8-19/h3-6,9-11,23H,2,7-8H2,1H3,(H,20,21). The number of nitrogens with zero attached hydrogens (tertiary/aromatic N) is 1. The zero-order valence-corrected chi connectivity index (χ0v) is 13.4. The average Bonchev–Trinajstić information content (AvgIpc) is 3.02. The third kappa shape index (κ3) is 2.29. The summed E-state index contributed by atoms with van der Waals surface area (Å²) in [6.07, 6.45) is 6.11. The molecule has 1 aliphatic rings. The molecule has 0 radical (unpaired) electrons. The van der Waals surface area contributed by atoms with Gasteiger partial charge in [0.25, 0.3) is 0 Å². The first-order valence-electron chi connectivity index (χ1n) is 7.99. The lowest BCUT2D eigenvalue weighted by Gasteiger charge is -2.37. The number of carbonyl (C=O) groups is 1. The Morgan fingerprint density at radius 2 is 2.00 bits per heavy atom. The summed E-state index contributed by atoms with van der Waals surface area (Å²) in [6, 6.07) is 9.84. The van der Waals surface area contributed by atoms with Crippen LogP contribution in [-0.2, 0) is 10.3 Å². The van der Waals surface area contributed by atoms with Crippen molar-refractivity contribution in [2.24, 2.45) is 0 Å². The van der Waals surface area contributed by atoms with Crippen LogP contribution >= 0.6 is 0 Å². The number of fused-ring (bicyclic) bond motifs is 1. The number of rotatable bonds is 3. The number of methoxy groups -OCH3 is 1. The fourth-order valence-electron chi connectivity index (χ4n) is 3.21. The molecule has 1 aromatic carbocycles. The van der Waals surface area contributed by atoms with Crippen LogP contribution in [-0.4, -0.2) is 28.2 Å². The lowest BCUT2D eigenvalue weighted by atomic mass is 9.75. The van der Waals surface area contributed by atoms with Gasteiger partial charge in [0.15, 0.2) is 0 Å². The second-order valence-electron chi connectivity index (χ2n) is 6.28. The van der Waals surface area contributed by atoms with Gasteiger partial charge in [0.1, 0.15) is 5.65 Å². The summed E-state index contributed by atoms with van der Waals surface area (Å²) in [5.74, 6) is -0.386. The monoisotopic (exact) mass is 322 g/mol. The minimum atomic E-state index is -0.653. The smallest absolute Gasteiger partial charge is 0.340 e. The van der Waals surface area contributed by atoms with Crippen molar-refractivity contribution >= 4 is 17.0 Å². The summed E-state index contributed by atoms with van der Waals surface area (Å²) in [7, 11) is 1.36. The molecule has 3 aromatic rings. The molecule has 2 heterocycles. The van der Waals surface area contributed by atoms with Gasteiger partial charge >= 0.3 is 5.97 Å². The predicted molar refractivity (Wildman–Crippen MR) is 90.6 cm³/mol. The quantitative estimate of drug-likeness (QED) is 0.725. The van der Waals surface area contributed by atoms with Crippen molar-refractivity contribution in [2.75, 3.05) is 7.11 Å². The number of aliphatic hydroxyl groups is 1. The molecule has 0 amide bonds.